The minimum absolute atomic E-state index is 0.0509. The highest BCUT2D eigenvalue weighted by Gasteiger charge is 2.38. The number of benzene rings is 2. The molecule has 0 amide bonds. The topological polar surface area (TPSA) is 9.23 Å². The van der Waals surface area contributed by atoms with Gasteiger partial charge in [0.2, 0.25) is 0 Å². The highest BCUT2D eigenvalue weighted by molar-refractivity contribution is 5.65. The fraction of sp³-hybridized carbons (Fsp3) is 0.500. The van der Waals surface area contributed by atoms with Crippen molar-refractivity contribution in [1.82, 2.24) is 0 Å². The number of hydrogen-bond donors (Lipinski definition) is 0. The lowest BCUT2D eigenvalue weighted by atomic mass is 9.80. The van der Waals surface area contributed by atoms with Gasteiger partial charge >= 0.3 is 6.18 Å². The van der Waals surface area contributed by atoms with E-state index in [1.165, 1.54) is 32.1 Å². The van der Waals surface area contributed by atoms with Gasteiger partial charge in [0.05, 0.1) is 6.61 Å². The first-order valence-corrected chi connectivity index (χ1v) is 10.6. The second-order valence-electron chi connectivity index (χ2n) is 8.18. The summed E-state index contributed by atoms with van der Waals surface area (Å²) in [5.41, 5.74) is -1.39. The van der Waals surface area contributed by atoms with Crippen molar-refractivity contribution in [2.24, 2.45) is 11.8 Å². The van der Waals surface area contributed by atoms with Crippen LogP contribution in [0, 0.1) is 23.5 Å². The van der Waals surface area contributed by atoms with Crippen molar-refractivity contribution in [3.8, 4) is 16.9 Å². The van der Waals surface area contributed by atoms with Crippen molar-refractivity contribution in [2.75, 3.05) is 6.61 Å². The molecule has 0 unspecified atom stereocenters. The average molecular weight is 426 g/mol. The number of rotatable bonds is 7. The third-order valence-corrected chi connectivity index (χ3v) is 5.93. The summed E-state index contributed by atoms with van der Waals surface area (Å²) < 4.78 is 71.6. The van der Waals surface area contributed by atoms with E-state index >= 15 is 0 Å². The summed E-state index contributed by atoms with van der Waals surface area (Å²) in [6, 6.07) is 7.96. The van der Waals surface area contributed by atoms with Crippen LogP contribution in [0.3, 0.4) is 0 Å². The summed E-state index contributed by atoms with van der Waals surface area (Å²) in [7, 11) is 0. The Bertz CT molecular complexity index is 797. The molecule has 0 bridgehead atoms. The minimum atomic E-state index is -5.07. The van der Waals surface area contributed by atoms with Crippen molar-refractivity contribution in [3.05, 3.63) is 53.6 Å². The molecule has 0 radical (unpaired) electrons. The Kier molecular flexibility index (Phi) is 7.37. The molecule has 0 heterocycles. The van der Waals surface area contributed by atoms with Crippen molar-refractivity contribution >= 4 is 0 Å². The second kappa shape index (κ2) is 9.80. The van der Waals surface area contributed by atoms with Gasteiger partial charge in [-0.3, -0.25) is 0 Å². The monoisotopic (exact) mass is 426 g/mol. The van der Waals surface area contributed by atoms with Crippen LogP contribution in [-0.2, 0) is 6.18 Å². The van der Waals surface area contributed by atoms with Gasteiger partial charge in [-0.1, -0.05) is 51.2 Å². The van der Waals surface area contributed by atoms with Crippen LogP contribution in [-0.4, -0.2) is 6.61 Å². The molecule has 2 aromatic carbocycles. The summed E-state index contributed by atoms with van der Waals surface area (Å²) in [4.78, 5) is 0. The van der Waals surface area contributed by atoms with Gasteiger partial charge < -0.3 is 4.74 Å². The van der Waals surface area contributed by atoms with Crippen LogP contribution < -0.4 is 4.74 Å². The molecule has 0 aromatic heterocycles. The fourth-order valence-corrected chi connectivity index (χ4v) is 4.15. The van der Waals surface area contributed by atoms with E-state index in [0.29, 0.717) is 36.0 Å². The van der Waals surface area contributed by atoms with Gasteiger partial charge in [0.1, 0.15) is 22.9 Å². The zero-order valence-electron chi connectivity index (χ0n) is 17.1. The Balaban J connectivity index is 1.57. The molecule has 0 atom stereocenters. The lowest BCUT2D eigenvalue weighted by molar-refractivity contribution is -0.142. The van der Waals surface area contributed by atoms with E-state index in [2.05, 4.69) is 6.92 Å². The van der Waals surface area contributed by atoms with Gasteiger partial charge in [-0.25, -0.2) is 8.78 Å². The molecule has 3 rings (SSSR count). The quantitative estimate of drug-likeness (QED) is 0.407. The second-order valence-corrected chi connectivity index (χ2v) is 8.18. The Hall–Kier alpha value is -2.11. The lowest BCUT2D eigenvalue weighted by Gasteiger charge is -2.28. The van der Waals surface area contributed by atoms with Gasteiger partial charge in [0.25, 0.3) is 0 Å². The molecule has 30 heavy (non-hydrogen) atoms. The summed E-state index contributed by atoms with van der Waals surface area (Å²) in [6.45, 7) is 2.85. The maximum absolute atomic E-state index is 13.8. The van der Waals surface area contributed by atoms with Gasteiger partial charge in [0.15, 0.2) is 0 Å². The molecule has 2 aromatic rings. The van der Waals surface area contributed by atoms with Gasteiger partial charge in [-0.05, 0) is 60.1 Å². The first-order chi connectivity index (χ1) is 14.3. The molecular weight excluding hydrogens is 399 g/mol. The minimum Gasteiger partial charge on any atom is -0.493 e. The van der Waals surface area contributed by atoms with Crippen molar-refractivity contribution in [3.63, 3.8) is 0 Å². The zero-order chi connectivity index (χ0) is 21.7. The number of halogens is 5. The molecule has 1 fully saturated rings. The lowest BCUT2D eigenvalue weighted by Crippen LogP contribution is -2.20. The van der Waals surface area contributed by atoms with Crippen molar-refractivity contribution in [2.45, 2.75) is 58.0 Å². The van der Waals surface area contributed by atoms with E-state index < -0.39 is 23.4 Å². The average Bonchev–Trinajstić information content (AvgIpc) is 2.70. The fourth-order valence-electron chi connectivity index (χ4n) is 4.15. The zero-order valence-corrected chi connectivity index (χ0v) is 17.1. The maximum atomic E-state index is 13.8. The molecule has 164 valence electrons. The molecule has 0 spiro atoms. The van der Waals surface area contributed by atoms with Crippen LogP contribution in [0.15, 0.2) is 36.4 Å². The molecule has 1 aliphatic rings. The maximum Gasteiger partial charge on any atom is 0.422 e. The molecule has 6 heteroatoms. The summed E-state index contributed by atoms with van der Waals surface area (Å²) in [5, 5.41) is 0. The van der Waals surface area contributed by atoms with Gasteiger partial charge in [-0.2, -0.15) is 13.2 Å². The predicted molar refractivity (Wildman–Crippen MR) is 107 cm³/mol. The van der Waals surface area contributed by atoms with E-state index in [9.17, 15) is 22.0 Å². The molecule has 0 saturated heterocycles. The summed E-state index contributed by atoms with van der Waals surface area (Å²) >= 11 is 0. The molecule has 0 N–H and O–H groups in total. The van der Waals surface area contributed by atoms with Gasteiger partial charge in [-0.15, -0.1) is 0 Å². The first kappa shape index (κ1) is 22.6. The molecule has 0 aliphatic heterocycles. The Morgan fingerprint density at radius 1 is 0.867 bits per heavy atom. The van der Waals surface area contributed by atoms with Crippen molar-refractivity contribution in [1.29, 1.82) is 0 Å². The third kappa shape index (κ3) is 5.73. The van der Waals surface area contributed by atoms with E-state index in [1.54, 1.807) is 24.3 Å². The van der Waals surface area contributed by atoms with E-state index in [4.69, 9.17) is 4.74 Å². The van der Waals surface area contributed by atoms with Crippen LogP contribution in [0.1, 0.15) is 57.4 Å². The third-order valence-electron chi connectivity index (χ3n) is 5.93. The van der Waals surface area contributed by atoms with Crippen LogP contribution in [0.25, 0.3) is 11.1 Å². The smallest absolute Gasteiger partial charge is 0.422 e. The summed E-state index contributed by atoms with van der Waals surface area (Å²) in [6.07, 6.45) is 3.61. The van der Waals surface area contributed by atoms with Crippen LogP contribution >= 0.6 is 0 Å². The van der Waals surface area contributed by atoms with E-state index in [-0.39, 0.29) is 5.56 Å². The van der Waals surface area contributed by atoms with E-state index in [1.807, 2.05) is 0 Å². The van der Waals surface area contributed by atoms with E-state index in [0.717, 1.165) is 18.8 Å². The Morgan fingerprint density at radius 3 is 1.97 bits per heavy atom. The first-order valence-electron chi connectivity index (χ1n) is 10.6. The standard InChI is InChI=1S/C24H27F5O/c1-2-3-4-16-5-7-17(8-6-16)15-30-20-11-9-18(10-12-20)19-13-21(25)23(22(26)14-19)24(27,28)29/h9-14,16-17H,2-8,15H2,1H3/t16-,17-. The van der Waals surface area contributed by atoms with Crippen molar-refractivity contribution < 1.29 is 26.7 Å². The SMILES string of the molecule is CCCC[C@H]1CC[C@H](COc2ccc(-c3cc(F)c(C(F)(F)F)c(F)c3)cc2)CC1. The largest absolute Gasteiger partial charge is 0.493 e. The normalized spacial score (nSPS) is 19.7. The molecule has 1 aliphatic carbocycles. The highest BCUT2D eigenvalue weighted by atomic mass is 19.4. The number of alkyl halides is 3. The molecular formula is C24H27F5O. The Morgan fingerprint density at radius 2 is 1.43 bits per heavy atom. The highest BCUT2D eigenvalue weighted by Crippen LogP contribution is 2.36. The molecule has 1 saturated carbocycles. The van der Waals surface area contributed by atoms with Crippen LogP contribution in [0.4, 0.5) is 22.0 Å². The Labute approximate surface area is 174 Å². The van der Waals surface area contributed by atoms with Gasteiger partial charge in [0, 0.05) is 0 Å². The number of ether oxygens (including phenoxy) is 1. The predicted octanol–water partition coefficient (Wildman–Crippen LogP) is 8.03. The number of unbranched alkanes of at least 4 members (excludes halogenated alkanes) is 1. The van der Waals surface area contributed by atoms with Crippen LogP contribution in [0.2, 0.25) is 0 Å². The van der Waals surface area contributed by atoms with Crippen LogP contribution in [0.5, 0.6) is 5.75 Å². The summed E-state index contributed by atoms with van der Waals surface area (Å²) in [5.74, 6) is -1.23. The molecule has 1 nitrogen and oxygen atoms in total. The number of hydrogen-bond acceptors (Lipinski definition) is 1.